The summed E-state index contributed by atoms with van der Waals surface area (Å²) in [5, 5.41) is 8.66. The van der Waals surface area contributed by atoms with Gasteiger partial charge in [0.05, 0.1) is 12.5 Å². The molecule has 0 aromatic rings. The second-order valence-corrected chi connectivity index (χ2v) is 5.81. The van der Waals surface area contributed by atoms with Gasteiger partial charge in [-0.1, -0.05) is 26.2 Å². The molecule has 0 spiro atoms. The van der Waals surface area contributed by atoms with Crippen molar-refractivity contribution in [3.05, 3.63) is 0 Å². The van der Waals surface area contributed by atoms with Crippen LogP contribution in [0, 0.1) is 11.8 Å². The van der Waals surface area contributed by atoms with Crippen LogP contribution >= 0.6 is 0 Å². The monoisotopic (exact) mass is 270 g/mol. The van der Waals surface area contributed by atoms with E-state index in [-0.39, 0.29) is 18.5 Å². The predicted molar refractivity (Wildman–Crippen MR) is 76.9 cm³/mol. The average Bonchev–Trinajstić information content (AvgIpc) is 2.43. The molecule has 0 amide bonds. The largest absolute Gasteiger partial charge is 0.465 e. The summed E-state index contributed by atoms with van der Waals surface area (Å²) in [6.07, 6.45) is 10.9. The van der Waals surface area contributed by atoms with E-state index in [9.17, 15) is 4.79 Å². The molecule has 0 aromatic heterocycles. The number of rotatable bonds is 9. The molecule has 3 heteroatoms. The molecule has 0 unspecified atom stereocenters. The fraction of sp³-hybridized carbons (Fsp3) is 0.938. The van der Waals surface area contributed by atoms with Gasteiger partial charge >= 0.3 is 5.97 Å². The molecule has 1 saturated carbocycles. The number of hydrogen-bond acceptors (Lipinski definition) is 3. The lowest BCUT2D eigenvalue weighted by molar-refractivity contribution is -0.150. The van der Waals surface area contributed by atoms with E-state index in [0.717, 1.165) is 44.4 Å². The lowest BCUT2D eigenvalue weighted by Gasteiger charge is -2.26. The maximum absolute atomic E-state index is 11.9. The molecule has 3 nitrogen and oxygen atoms in total. The number of unbranched alkanes of at least 4 members (excludes halogenated alkanes) is 3. The number of carbonyl (C=O) groups excluding carboxylic acids is 1. The molecule has 0 radical (unpaired) electrons. The van der Waals surface area contributed by atoms with Gasteiger partial charge in [-0.3, -0.25) is 4.79 Å². The van der Waals surface area contributed by atoms with Crippen LogP contribution in [-0.4, -0.2) is 24.3 Å². The molecule has 19 heavy (non-hydrogen) atoms. The van der Waals surface area contributed by atoms with Crippen molar-refractivity contribution in [2.24, 2.45) is 11.8 Å². The molecule has 1 fully saturated rings. The molecule has 0 heterocycles. The van der Waals surface area contributed by atoms with Crippen molar-refractivity contribution in [1.82, 2.24) is 0 Å². The van der Waals surface area contributed by atoms with Gasteiger partial charge in [-0.15, -0.1) is 0 Å². The maximum Gasteiger partial charge on any atom is 0.308 e. The van der Waals surface area contributed by atoms with Gasteiger partial charge in [-0.2, -0.15) is 0 Å². The second-order valence-electron chi connectivity index (χ2n) is 5.81. The smallest absolute Gasteiger partial charge is 0.308 e. The van der Waals surface area contributed by atoms with Gasteiger partial charge < -0.3 is 9.84 Å². The number of hydrogen-bond donors (Lipinski definition) is 1. The fourth-order valence-electron chi connectivity index (χ4n) is 2.95. The zero-order valence-electron chi connectivity index (χ0n) is 12.4. The lowest BCUT2D eigenvalue weighted by Crippen LogP contribution is -2.24. The van der Waals surface area contributed by atoms with Gasteiger partial charge in [0.2, 0.25) is 0 Å². The normalized spacial score (nSPS) is 23.3. The molecule has 112 valence electrons. The Hall–Kier alpha value is -0.570. The van der Waals surface area contributed by atoms with Crippen molar-refractivity contribution >= 4 is 5.97 Å². The Bertz CT molecular complexity index is 232. The molecule has 1 N–H and O–H groups in total. The van der Waals surface area contributed by atoms with Crippen LogP contribution in [-0.2, 0) is 9.53 Å². The SMILES string of the molecule is CCCC1CCC(C(=O)OCCCCCCO)CC1. The number of esters is 1. The first kappa shape index (κ1) is 16.5. The van der Waals surface area contributed by atoms with Crippen LogP contribution in [0.1, 0.15) is 71.1 Å². The first-order valence-corrected chi connectivity index (χ1v) is 8.05. The van der Waals surface area contributed by atoms with Crippen LogP contribution in [0.5, 0.6) is 0 Å². The number of carbonyl (C=O) groups is 1. The minimum Gasteiger partial charge on any atom is -0.465 e. The average molecular weight is 270 g/mol. The van der Waals surface area contributed by atoms with Crippen LogP contribution in [0.25, 0.3) is 0 Å². The number of ether oxygens (including phenoxy) is 1. The Labute approximate surface area is 117 Å². The van der Waals surface area contributed by atoms with Crippen LogP contribution in [0.3, 0.4) is 0 Å². The van der Waals surface area contributed by atoms with Crippen molar-refractivity contribution in [2.45, 2.75) is 71.1 Å². The Morgan fingerprint density at radius 1 is 1.11 bits per heavy atom. The summed E-state index contributed by atoms with van der Waals surface area (Å²) in [5.41, 5.74) is 0. The molecule has 1 rings (SSSR count). The summed E-state index contributed by atoms with van der Waals surface area (Å²) in [6.45, 7) is 3.05. The van der Waals surface area contributed by atoms with Crippen LogP contribution < -0.4 is 0 Å². The summed E-state index contributed by atoms with van der Waals surface area (Å²) in [6, 6.07) is 0. The molecule has 0 aromatic carbocycles. The summed E-state index contributed by atoms with van der Waals surface area (Å²) in [5.74, 6) is 1.02. The standard InChI is InChI=1S/C16H30O3/c1-2-7-14-8-10-15(11-9-14)16(18)19-13-6-4-3-5-12-17/h14-15,17H,2-13H2,1H3. The highest BCUT2D eigenvalue weighted by atomic mass is 16.5. The van der Waals surface area contributed by atoms with E-state index in [4.69, 9.17) is 9.84 Å². The minimum absolute atomic E-state index is 0.0251. The van der Waals surface area contributed by atoms with Gasteiger partial charge in [-0.25, -0.2) is 0 Å². The number of aliphatic hydroxyl groups is 1. The van der Waals surface area contributed by atoms with E-state index in [2.05, 4.69) is 6.92 Å². The van der Waals surface area contributed by atoms with E-state index in [1.165, 1.54) is 25.7 Å². The van der Waals surface area contributed by atoms with E-state index >= 15 is 0 Å². The van der Waals surface area contributed by atoms with E-state index in [1.807, 2.05) is 0 Å². The lowest BCUT2D eigenvalue weighted by atomic mass is 9.80. The highest BCUT2D eigenvalue weighted by Crippen LogP contribution is 2.32. The Morgan fingerprint density at radius 3 is 2.42 bits per heavy atom. The Morgan fingerprint density at radius 2 is 1.79 bits per heavy atom. The predicted octanol–water partition coefficient (Wildman–Crippen LogP) is 3.69. The Balaban J connectivity index is 2.04. The summed E-state index contributed by atoms with van der Waals surface area (Å²) in [7, 11) is 0. The fourth-order valence-corrected chi connectivity index (χ4v) is 2.95. The van der Waals surface area contributed by atoms with Gasteiger partial charge in [0.25, 0.3) is 0 Å². The Kier molecular flexibility index (Phi) is 8.89. The zero-order valence-corrected chi connectivity index (χ0v) is 12.4. The van der Waals surface area contributed by atoms with E-state index in [0.29, 0.717) is 6.61 Å². The highest BCUT2D eigenvalue weighted by molar-refractivity contribution is 5.72. The second kappa shape index (κ2) is 10.2. The van der Waals surface area contributed by atoms with Crippen LogP contribution in [0.15, 0.2) is 0 Å². The van der Waals surface area contributed by atoms with Crippen molar-refractivity contribution in [2.75, 3.05) is 13.2 Å². The molecule has 0 bridgehead atoms. The van der Waals surface area contributed by atoms with Crippen LogP contribution in [0.2, 0.25) is 0 Å². The third-order valence-corrected chi connectivity index (χ3v) is 4.17. The van der Waals surface area contributed by atoms with Gasteiger partial charge in [0.1, 0.15) is 0 Å². The van der Waals surface area contributed by atoms with E-state index in [1.54, 1.807) is 0 Å². The van der Waals surface area contributed by atoms with E-state index < -0.39 is 0 Å². The van der Waals surface area contributed by atoms with Crippen LogP contribution in [0.4, 0.5) is 0 Å². The molecule has 0 saturated heterocycles. The van der Waals surface area contributed by atoms with Crippen molar-refractivity contribution in [3.8, 4) is 0 Å². The molecule has 0 atom stereocenters. The number of aliphatic hydroxyl groups excluding tert-OH is 1. The van der Waals surface area contributed by atoms with Crippen molar-refractivity contribution < 1.29 is 14.6 Å². The van der Waals surface area contributed by atoms with Crippen molar-refractivity contribution in [3.63, 3.8) is 0 Å². The maximum atomic E-state index is 11.9. The van der Waals surface area contributed by atoms with Crippen molar-refractivity contribution in [1.29, 1.82) is 0 Å². The quantitative estimate of drug-likeness (QED) is 0.513. The first-order chi connectivity index (χ1) is 9.27. The summed E-state index contributed by atoms with van der Waals surface area (Å²) in [4.78, 5) is 11.9. The zero-order chi connectivity index (χ0) is 13.9. The van der Waals surface area contributed by atoms with Gasteiger partial charge in [0.15, 0.2) is 0 Å². The first-order valence-electron chi connectivity index (χ1n) is 8.05. The summed E-state index contributed by atoms with van der Waals surface area (Å²) >= 11 is 0. The minimum atomic E-state index is 0.0251. The molecule has 1 aliphatic rings. The highest BCUT2D eigenvalue weighted by Gasteiger charge is 2.26. The van der Waals surface area contributed by atoms with Gasteiger partial charge in [-0.05, 0) is 50.9 Å². The summed E-state index contributed by atoms with van der Waals surface area (Å²) < 4.78 is 5.36. The van der Waals surface area contributed by atoms with Gasteiger partial charge in [0, 0.05) is 6.61 Å². The third-order valence-electron chi connectivity index (χ3n) is 4.17. The molecular weight excluding hydrogens is 240 g/mol. The molecular formula is C16H30O3. The topological polar surface area (TPSA) is 46.5 Å². The molecule has 1 aliphatic carbocycles. The third kappa shape index (κ3) is 6.95. The molecule has 0 aliphatic heterocycles.